The highest BCUT2D eigenvalue weighted by molar-refractivity contribution is 9.10. The lowest BCUT2D eigenvalue weighted by molar-refractivity contribution is 0.0519. The minimum Gasteiger partial charge on any atom is -0.504 e. The van der Waals surface area contributed by atoms with Crippen molar-refractivity contribution in [3.63, 3.8) is 0 Å². The monoisotopic (exact) mass is 567 g/mol. The van der Waals surface area contributed by atoms with Crippen molar-refractivity contribution in [3.8, 4) is 11.5 Å². The highest BCUT2D eigenvalue weighted by Crippen LogP contribution is 2.62. The maximum Gasteiger partial charge on any atom is 0.189 e. The number of Topliss-reactive ketones (excluding diaryl/α,β-unsaturated/α-hetero) is 2. The van der Waals surface area contributed by atoms with Crippen LogP contribution in [0.1, 0.15) is 50.6 Å². The average molecular weight is 568 g/mol. The summed E-state index contributed by atoms with van der Waals surface area (Å²) < 4.78 is 6.36. The third-order valence-electron chi connectivity index (χ3n) is 8.88. The minimum atomic E-state index is -1.09. The molecule has 0 bridgehead atoms. The minimum absolute atomic E-state index is 0.00201. The zero-order chi connectivity index (χ0) is 26.2. The Morgan fingerprint density at radius 1 is 1.05 bits per heavy atom. The van der Waals surface area contributed by atoms with E-state index in [1.165, 1.54) is 7.11 Å². The van der Waals surface area contributed by atoms with Gasteiger partial charge in [0.05, 0.1) is 13.0 Å². The number of halogens is 1. The summed E-state index contributed by atoms with van der Waals surface area (Å²) in [6.45, 7) is 0.747. The first-order valence-electron chi connectivity index (χ1n) is 13.0. The number of hydrogen-bond acceptors (Lipinski definition) is 5. The fourth-order valence-electron chi connectivity index (χ4n) is 7.50. The number of benzene rings is 4. The first-order chi connectivity index (χ1) is 18.5. The van der Waals surface area contributed by atoms with Crippen LogP contribution >= 0.6 is 15.9 Å². The van der Waals surface area contributed by atoms with Crippen molar-refractivity contribution in [1.82, 2.24) is 4.90 Å². The van der Waals surface area contributed by atoms with Crippen LogP contribution < -0.4 is 4.74 Å². The van der Waals surface area contributed by atoms with Gasteiger partial charge in [-0.3, -0.25) is 14.5 Å². The Kier molecular flexibility index (Phi) is 5.29. The van der Waals surface area contributed by atoms with E-state index in [0.29, 0.717) is 16.9 Å². The van der Waals surface area contributed by atoms with E-state index in [-0.39, 0.29) is 29.3 Å². The van der Waals surface area contributed by atoms with Crippen molar-refractivity contribution in [2.45, 2.75) is 30.3 Å². The number of phenols is 1. The molecule has 0 radical (unpaired) electrons. The van der Waals surface area contributed by atoms with Crippen LogP contribution in [-0.4, -0.2) is 41.3 Å². The number of fused-ring (bicyclic) bond motifs is 3. The number of ketones is 2. The molecule has 4 unspecified atom stereocenters. The fourth-order valence-corrected chi connectivity index (χ4v) is 7.76. The van der Waals surface area contributed by atoms with Crippen LogP contribution in [-0.2, 0) is 5.54 Å². The molecule has 1 aliphatic carbocycles. The lowest BCUT2D eigenvalue weighted by atomic mass is 9.68. The number of phenolic OH excluding ortho intramolecular Hbond substituents is 1. The predicted octanol–water partition coefficient (Wildman–Crippen LogP) is 6.47. The summed E-state index contributed by atoms with van der Waals surface area (Å²) in [4.78, 5) is 31.8. The van der Waals surface area contributed by atoms with Gasteiger partial charge in [-0.2, -0.15) is 0 Å². The van der Waals surface area contributed by atoms with Crippen molar-refractivity contribution in [2.24, 2.45) is 5.92 Å². The quantitative estimate of drug-likeness (QED) is 0.286. The molecule has 2 aliphatic heterocycles. The van der Waals surface area contributed by atoms with E-state index in [4.69, 9.17) is 4.74 Å². The van der Waals surface area contributed by atoms with Gasteiger partial charge in [0.1, 0.15) is 5.54 Å². The van der Waals surface area contributed by atoms with E-state index in [1.807, 2.05) is 72.8 Å². The molecule has 4 atom stereocenters. The number of aromatic hydroxyl groups is 1. The van der Waals surface area contributed by atoms with Crippen LogP contribution in [0.3, 0.4) is 0 Å². The zero-order valence-corrected chi connectivity index (χ0v) is 22.4. The Balaban J connectivity index is 1.53. The molecule has 190 valence electrons. The fraction of sp³-hybridized carbons (Fsp3) is 0.250. The van der Waals surface area contributed by atoms with E-state index in [9.17, 15) is 14.7 Å². The van der Waals surface area contributed by atoms with Crippen LogP contribution in [0.5, 0.6) is 11.5 Å². The highest BCUT2D eigenvalue weighted by atomic mass is 79.9. The molecule has 6 heteroatoms. The Morgan fingerprint density at radius 3 is 2.58 bits per heavy atom. The summed E-state index contributed by atoms with van der Waals surface area (Å²) in [5.41, 5.74) is 2.03. The number of carbonyl (C=O) groups excluding carboxylic acids is 2. The summed E-state index contributed by atoms with van der Waals surface area (Å²) in [6.07, 6.45) is 1.84. The van der Waals surface area contributed by atoms with E-state index in [2.05, 4.69) is 20.8 Å². The third kappa shape index (κ3) is 3.01. The molecular formula is C32H26BrNO4. The van der Waals surface area contributed by atoms with E-state index < -0.39 is 11.5 Å². The van der Waals surface area contributed by atoms with Gasteiger partial charge in [0.15, 0.2) is 23.1 Å². The van der Waals surface area contributed by atoms with Crippen molar-refractivity contribution in [3.05, 3.63) is 106 Å². The Hall–Kier alpha value is -3.48. The molecule has 1 spiro atoms. The second-order valence-corrected chi connectivity index (χ2v) is 11.4. The van der Waals surface area contributed by atoms with Gasteiger partial charge in [-0.15, -0.1) is 0 Å². The zero-order valence-electron chi connectivity index (χ0n) is 20.9. The van der Waals surface area contributed by atoms with Gasteiger partial charge in [0, 0.05) is 27.6 Å². The van der Waals surface area contributed by atoms with Crippen LogP contribution in [0.4, 0.5) is 0 Å². The Morgan fingerprint density at radius 2 is 1.82 bits per heavy atom. The summed E-state index contributed by atoms with van der Waals surface area (Å²) in [7, 11) is 1.53. The first-order valence-corrected chi connectivity index (χ1v) is 13.8. The SMILES string of the molecule is COc1cc(C2C3CCCN3C3(C(=O)c4cccc5cccc3c45)C2C(=O)c2ccc(Br)cc2)ccc1O. The molecule has 0 aromatic heterocycles. The molecule has 0 amide bonds. The number of hydrogen-bond donors (Lipinski definition) is 1. The topological polar surface area (TPSA) is 66.8 Å². The molecule has 38 heavy (non-hydrogen) atoms. The summed E-state index contributed by atoms with van der Waals surface area (Å²) in [5.74, 6) is -0.504. The molecule has 2 fully saturated rings. The van der Waals surface area contributed by atoms with Gasteiger partial charge in [0.25, 0.3) is 0 Å². The molecule has 4 aromatic carbocycles. The molecule has 1 N–H and O–H groups in total. The number of carbonyl (C=O) groups is 2. The normalized spacial score (nSPS) is 25.8. The van der Waals surface area contributed by atoms with E-state index in [1.54, 1.807) is 6.07 Å². The maximum atomic E-state index is 14.7. The third-order valence-corrected chi connectivity index (χ3v) is 9.41. The van der Waals surface area contributed by atoms with Crippen LogP contribution in [0, 0.1) is 5.92 Å². The van der Waals surface area contributed by atoms with Crippen LogP contribution in [0.2, 0.25) is 0 Å². The Bertz CT molecular complexity index is 1630. The Labute approximate surface area is 229 Å². The molecule has 7 rings (SSSR count). The molecule has 5 nitrogen and oxygen atoms in total. The van der Waals surface area contributed by atoms with Gasteiger partial charge >= 0.3 is 0 Å². The molecule has 2 heterocycles. The molecule has 4 aromatic rings. The average Bonchev–Trinajstić information content (AvgIpc) is 3.59. The highest BCUT2D eigenvalue weighted by Gasteiger charge is 2.69. The number of rotatable bonds is 4. The van der Waals surface area contributed by atoms with Crippen molar-refractivity contribution in [2.75, 3.05) is 13.7 Å². The van der Waals surface area contributed by atoms with Gasteiger partial charge in [-0.05, 0) is 65.6 Å². The first kappa shape index (κ1) is 23.6. The maximum absolute atomic E-state index is 14.7. The molecule has 0 saturated carbocycles. The number of nitrogens with zero attached hydrogens (tertiary/aromatic N) is 1. The van der Waals surface area contributed by atoms with E-state index in [0.717, 1.165) is 45.8 Å². The predicted molar refractivity (Wildman–Crippen MR) is 149 cm³/mol. The summed E-state index contributed by atoms with van der Waals surface area (Å²) in [5, 5.41) is 12.3. The smallest absolute Gasteiger partial charge is 0.189 e. The lowest BCUT2D eigenvalue weighted by Crippen LogP contribution is -2.51. The van der Waals surface area contributed by atoms with Crippen molar-refractivity contribution in [1.29, 1.82) is 0 Å². The van der Waals surface area contributed by atoms with E-state index >= 15 is 0 Å². The molecule has 2 saturated heterocycles. The summed E-state index contributed by atoms with van der Waals surface area (Å²) >= 11 is 3.49. The molecular weight excluding hydrogens is 542 g/mol. The van der Waals surface area contributed by atoms with Gasteiger partial charge in [-0.25, -0.2) is 0 Å². The van der Waals surface area contributed by atoms with Crippen LogP contribution in [0.15, 0.2) is 83.3 Å². The van der Waals surface area contributed by atoms with Gasteiger partial charge in [-0.1, -0.05) is 70.5 Å². The number of ether oxygens (including phenoxy) is 1. The van der Waals surface area contributed by atoms with Crippen molar-refractivity contribution >= 4 is 38.3 Å². The summed E-state index contributed by atoms with van der Waals surface area (Å²) in [6, 6.07) is 24.8. The second kappa shape index (κ2) is 8.52. The second-order valence-electron chi connectivity index (χ2n) is 10.5. The van der Waals surface area contributed by atoms with Gasteiger partial charge < -0.3 is 9.84 Å². The van der Waals surface area contributed by atoms with Gasteiger partial charge in [0.2, 0.25) is 0 Å². The number of methoxy groups -OCH3 is 1. The largest absolute Gasteiger partial charge is 0.504 e. The van der Waals surface area contributed by atoms with Crippen molar-refractivity contribution < 1.29 is 19.4 Å². The standard InChI is InChI=1S/C32H26BrNO4/c1-38-26-17-20(12-15-25(26)35)28-24-9-4-16-34(24)32(29(28)30(36)19-10-13-21(33)14-11-19)23-8-3-6-18-5-2-7-22(27(18)23)31(32)37/h2-3,5-8,10-15,17,24,28-29,35H,4,9,16H2,1H3. The lowest BCUT2D eigenvalue weighted by Gasteiger charge is -2.38. The van der Waals surface area contributed by atoms with Crippen LogP contribution in [0.25, 0.3) is 10.8 Å². The molecule has 3 aliphatic rings.